The Kier molecular flexibility index (Phi) is 4.53. The number of rotatable bonds is 4. The van der Waals surface area contributed by atoms with Crippen molar-refractivity contribution in [2.45, 2.75) is 20.8 Å². The molecule has 0 aliphatic heterocycles. The van der Waals surface area contributed by atoms with E-state index in [4.69, 9.17) is 0 Å². The van der Waals surface area contributed by atoms with Crippen LogP contribution in [0.25, 0.3) is 0 Å². The van der Waals surface area contributed by atoms with Crippen LogP contribution in [0.1, 0.15) is 29.9 Å². The third kappa shape index (κ3) is 3.97. The lowest BCUT2D eigenvalue weighted by atomic mass is 10.1. The number of nitrogens with one attached hydrogen (secondary N) is 1. The SMILES string of the molecule is CC(=O)OCC(=O)Nc1nc(C)ccc1C(C)=O. The van der Waals surface area contributed by atoms with Crippen LogP contribution in [0.3, 0.4) is 0 Å². The number of carbonyl (C=O) groups is 3. The van der Waals surface area contributed by atoms with Gasteiger partial charge in [0.25, 0.3) is 5.91 Å². The van der Waals surface area contributed by atoms with Crippen molar-refractivity contribution in [3.63, 3.8) is 0 Å². The summed E-state index contributed by atoms with van der Waals surface area (Å²) in [6, 6.07) is 3.27. The fourth-order valence-electron chi connectivity index (χ4n) is 1.27. The van der Waals surface area contributed by atoms with Crippen molar-refractivity contribution in [1.82, 2.24) is 4.98 Å². The molecule has 0 aliphatic carbocycles. The number of ketones is 1. The van der Waals surface area contributed by atoms with Crippen molar-refractivity contribution in [1.29, 1.82) is 0 Å². The molecule has 1 aromatic rings. The monoisotopic (exact) mass is 250 g/mol. The van der Waals surface area contributed by atoms with Gasteiger partial charge in [0.1, 0.15) is 5.82 Å². The normalized spacial score (nSPS) is 9.72. The number of nitrogens with zero attached hydrogens (tertiary/aromatic N) is 1. The molecule has 0 aliphatic rings. The Morgan fingerprint density at radius 3 is 2.50 bits per heavy atom. The Labute approximate surface area is 104 Å². The van der Waals surface area contributed by atoms with Crippen LogP contribution < -0.4 is 5.32 Å². The molecule has 0 saturated heterocycles. The molecule has 0 spiro atoms. The molecule has 0 fully saturated rings. The van der Waals surface area contributed by atoms with E-state index in [9.17, 15) is 14.4 Å². The molecule has 1 amide bonds. The summed E-state index contributed by atoms with van der Waals surface area (Å²) < 4.78 is 4.54. The van der Waals surface area contributed by atoms with Gasteiger partial charge in [-0.15, -0.1) is 0 Å². The van der Waals surface area contributed by atoms with Gasteiger partial charge in [0.05, 0.1) is 5.56 Å². The molecule has 0 radical (unpaired) electrons. The minimum atomic E-state index is -0.547. The molecule has 6 nitrogen and oxygen atoms in total. The molecule has 6 heteroatoms. The van der Waals surface area contributed by atoms with Crippen LogP contribution in [-0.4, -0.2) is 29.3 Å². The average Bonchev–Trinajstić information content (AvgIpc) is 2.26. The summed E-state index contributed by atoms with van der Waals surface area (Å²) in [7, 11) is 0. The Balaban J connectivity index is 2.82. The maximum atomic E-state index is 11.5. The van der Waals surface area contributed by atoms with Crippen LogP contribution in [0.2, 0.25) is 0 Å². The molecular formula is C12H14N2O4. The number of aryl methyl sites for hydroxylation is 1. The maximum Gasteiger partial charge on any atom is 0.303 e. The van der Waals surface area contributed by atoms with E-state index in [1.54, 1.807) is 19.1 Å². The van der Waals surface area contributed by atoms with Gasteiger partial charge in [-0.05, 0) is 26.0 Å². The summed E-state index contributed by atoms with van der Waals surface area (Å²) >= 11 is 0. The highest BCUT2D eigenvalue weighted by Crippen LogP contribution is 2.14. The van der Waals surface area contributed by atoms with Gasteiger partial charge in [-0.25, -0.2) is 4.98 Å². The van der Waals surface area contributed by atoms with Crippen molar-refractivity contribution >= 4 is 23.5 Å². The summed E-state index contributed by atoms with van der Waals surface area (Å²) in [5, 5.41) is 2.44. The topological polar surface area (TPSA) is 85.4 Å². The molecule has 1 N–H and O–H groups in total. The lowest BCUT2D eigenvalue weighted by molar-refractivity contribution is -0.144. The maximum absolute atomic E-state index is 11.5. The Hall–Kier alpha value is -2.24. The fraction of sp³-hybridized carbons (Fsp3) is 0.333. The zero-order valence-corrected chi connectivity index (χ0v) is 10.4. The van der Waals surface area contributed by atoms with E-state index in [1.807, 2.05) is 0 Å². The van der Waals surface area contributed by atoms with Crippen LogP contribution in [0.5, 0.6) is 0 Å². The predicted octanol–water partition coefficient (Wildman–Crippen LogP) is 1.09. The lowest BCUT2D eigenvalue weighted by Crippen LogP contribution is -2.22. The molecular weight excluding hydrogens is 236 g/mol. The van der Waals surface area contributed by atoms with E-state index in [0.29, 0.717) is 11.3 Å². The second-order valence-electron chi connectivity index (χ2n) is 3.73. The third-order valence-electron chi connectivity index (χ3n) is 2.08. The highest BCUT2D eigenvalue weighted by molar-refractivity contribution is 6.03. The van der Waals surface area contributed by atoms with Crippen LogP contribution in [0.15, 0.2) is 12.1 Å². The molecule has 0 saturated carbocycles. The van der Waals surface area contributed by atoms with Gasteiger partial charge in [0, 0.05) is 12.6 Å². The Morgan fingerprint density at radius 2 is 1.94 bits per heavy atom. The number of carbonyl (C=O) groups excluding carboxylic acids is 3. The largest absolute Gasteiger partial charge is 0.456 e. The minimum Gasteiger partial charge on any atom is -0.456 e. The zero-order valence-electron chi connectivity index (χ0n) is 10.4. The van der Waals surface area contributed by atoms with E-state index >= 15 is 0 Å². The van der Waals surface area contributed by atoms with E-state index in [0.717, 1.165) is 0 Å². The molecule has 0 unspecified atom stereocenters. The van der Waals surface area contributed by atoms with Crippen molar-refractivity contribution in [2.75, 3.05) is 11.9 Å². The number of ether oxygens (including phenoxy) is 1. The quantitative estimate of drug-likeness (QED) is 0.638. The predicted molar refractivity (Wildman–Crippen MR) is 64.2 cm³/mol. The number of Topliss-reactive ketones (excluding diaryl/α,β-unsaturated/α-hetero) is 1. The van der Waals surface area contributed by atoms with Gasteiger partial charge >= 0.3 is 5.97 Å². The van der Waals surface area contributed by atoms with Crippen LogP contribution in [-0.2, 0) is 14.3 Å². The number of hydrogen-bond donors (Lipinski definition) is 1. The first kappa shape index (κ1) is 13.8. The standard InChI is InChI=1S/C12H14N2O4/c1-7-4-5-10(8(2)15)12(13-7)14-11(17)6-18-9(3)16/h4-5H,6H2,1-3H3,(H,13,14,17). The first-order valence-corrected chi connectivity index (χ1v) is 5.32. The van der Waals surface area contributed by atoms with Gasteiger partial charge in [0.15, 0.2) is 12.4 Å². The van der Waals surface area contributed by atoms with Crippen molar-refractivity contribution in [3.8, 4) is 0 Å². The highest BCUT2D eigenvalue weighted by Gasteiger charge is 2.12. The first-order valence-electron chi connectivity index (χ1n) is 5.32. The van der Waals surface area contributed by atoms with Gasteiger partial charge < -0.3 is 10.1 Å². The Bertz CT molecular complexity index is 497. The van der Waals surface area contributed by atoms with Crippen molar-refractivity contribution < 1.29 is 19.1 Å². The van der Waals surface area contributed by atoms with Crippen LogP contribution in [0.4, 0.5) is 5.82 Å². The number of pyridine rings is 1. The minimum absolute atomic E-state index is 0.180. The van der Waals surface area contributed by atoms with E-state index < -0.39 is 18.5 Å². The molecule has 18 heavy (non-hydrogen) atoms. The number of esters is 1. The van der Waals surface area contributed by atoms with Gasteiger partial charge in [0.2, 0.25) is 0 Å². The summed E-state index contributed by atoms with van der Waals surface area (Å²) in [5.41, 5.74) is 0.986. The highest BCUT2D eigenvalue weighted by atomic mass is 16.5. The Morgan fingerprint density at radius 1 is 1.28 bits per heavy atom. The molecule has 0 aromatic carbocycles. The van der Waals surface area contributed by atoms with E-state index in [2.05, 4.69) is 15.0 Å². The van der Waals surface area contributed by atoms with Gasteiger partial charge in [-0.1, -0.05) is 0 Å². The lowest BCUT2D eigenvalue weighted by Gasteiger charge is -2.08. The number of anilines is 1. The van der Waals surface area contributed by atoms with E-state index in [1.165, 1.54) is 13.8 Å². The summed E-state index contributed by atoms with van der Waals surface area (Å²) in [6.07, 6.45) is 0. The second kappa shape index (κ2) is 5.90. The molecule has 1 heterocycles. The average molecular weight is 250 g/mol. The van der Waals surface area contributed by atoms with E-state index in [-0.39, 0.29) is 11.6 Å². The molecule has 0 atom stereocenters. The third-order valence-corrected chi connectivity index (χ3v) is 2.08. The first-order chi connectivity index (χ1) is 8.40. The number of hydrogen-bond acceptors (Lipinski definition) is 5. The fourth-order valence-corrected chi connectivity index (χ4v) is 1.27. The van der Waals surface area contributed by atoms with Gasteiger partial charge in [-0.2, -0.15) is 0 Å². The molecule has 1 aromatic heterocycles. The number of amides is 1. The summed E-state index contributed by atoms with van der Waals surface area (Å²) in [6.45, 7) is 3.93. The van der Waals surface area contributed by atoms with Crippen molar-refractivity contribution in [2.24, 2.45) is 0 Å². The summed E-state index contributed by atoms with van der Waals surface area (Å²) in [5.74, 6) is -1.11. The summed E-state index contributed by atoms with van der Waals surface area (Å²) in [4.78, 5) is 37.4. The van der Waals surface area contributed by atoms with Gasteiger partial charge in [-0.3, -0.25) is 14.4 Å². The van der Waals surface area contributed by atoms with Crippen LogP contribution in [0, 0.1) is 6.92 Å². The van der Waals surface area contributed by atoms with Crippen LogP contribution >= 0.6 is 0 Å². The molecule has 1 rings (SSSR count). The smallest absolute Gasteiger partial charge is 0.303 e. The molecule has 0 bridgehead atoms. The number of aromatic nitrogens is 1. The zero-order chi connectivity index (χ0) is 13.7. The second-order valence-corrected chi connectivity index (χ2v) is 3.73. The molecule has 96 valence electrons. The van der Waals surface area contributed by atoms with Crippen molar-refractivity contribution in [3.05, 3.63) is 23.4 Å².